The molecule has 1 aliphatic rings. The van der Waals surface area contributed by atoms with Gasteiger partial charge in [-0.2, -0.15) is 0 Å². The molecule has 1 aromatic rings. The minimum absolute atomic E-state index is 0.0886. The Bertz CT molecular complexity index is 698. The summed E-state index contributed by atoms with van der Waals surface area (Å²) in [5, 5.41) is 0.299. The molecule has 2 amide bonds. The van der Waals surface area contributed by atoms with Crippen LogP contribution in [0.25, 0.3) is 0 Å². The second-order valence-electron chi connectivity index (χ2n) is 5.79. The number of methoxy groups -OCH3 is 1. The van der Waals surface area contributed by atoms with E-state index in [0.717, 1.165) is 0 Å². The molecule has 148 valence electrons. The molecule has 2 rings (SSSR count). The first kappa shape index (κ1) is 21.3. The monoisotopic (exact) mass is 418 g/mol. The highest BCUT2D eigenvalue weighted by Crippen LogP contribution is 2.33. The Balaban J connectivity index is 1.86. The van der Waals surface area contributed by atoms with Gasteiger partial charge in [-0.15, -0.1) is 0 Å². The van der Waals surface area contributed by atoms with Crippen molar-refractivity contribution >= 4 is 41.0 Å². The SMILES string of the molecule is COc1c(Cl)cc(C(=O)OCC(=O)N(C)CC(=O)N2CCOCC2)cc1Cl. The summed E-state index contributed by atoms with van der Waals surface area (Å²) in [5.74, 6) is -1.21. The number of likely N-dealkylation sites (N-methyl/N-ethyl adjacent to an activating group) is 1. The lowest BCUT2D eigenvalue weighted by atomic mass is 10.2. The van der Waals surface area contributed by atoms with Crippen LogP contribution in [0.3, 0.4) is 0 Å². The summed E-state index contributed by atoms with van der Waals surface area (Å²) in [5.41, 5.74) is 0.0886. The van der Waals surface area contributed by atoms with Crippen LogP contribution in [-0.2, 0) is 19.1 Å². The van der Waals surface area contributed by atoms with Gasteiger partial charge in [-0.3, -0.25) is 9.59 Å². The second kappa shape index (κ2) is 9.77. The smallest absolute Gasteiger partial charge is 0.338 e. The van der Waals surface area contributed by atoms with Crippen molar-refractivity contribution in [2.45, 2.75) is 0 Å². The van der Waals surface area contributed by atoms with Gasteiger partial charge in [0.2, 0.25) is 5.91 Å². The maximum Gasteiger partial charge on any atom is 0.338 e. The van der Waals surface area contributed by atoms with Crippen LogP contribution in [0.2, 0.25) is 10.0 Å². The van der Waals surface area contributed by atoms with Gasteiger partial charge in [-0.05, 0) is 12.1 Å². The molecule has 1 aromatic carbocycles. The number of benzene rings is 1. The number of amides is 2. The van der Waals surface area contributed by atoms with Gasteiger partial charge in [0.15, 0.2) is 12.4 Å². The van der Waals surface area contributed by atoms with Crippen molar-refractivity contribution in [2.75, 3.05) is 53.6 Å². The van der Waals surface area contributed by atoms with Crippen molar-refractivity contribution in [3.05, 3.63) is 27.7 Å². The van der Waals surface area contributed by atoms with Crippen LogP contribution in [0.4, 0.5) is 0 Å². The first-order valence-electron chi connectivity index (χ1n) is 8.13. The van der Waals surface area contributed by atoms with Crippen molar-refractivity contribution in [2.24, 2.45) is 0 Å². The molecule has 1 heterocycles. The molecule has 1 aliphatic heterocycles. The maximum absolute atomic E-state index is 12.1. The van der Waals surface area contributed by atoms with Gasteiger partial charge in [-0.25, -0.2) is 4.79 Å². The number of esters is 1. The highest BCUT2D eigenvalue weighted by Gasteiger charge is 2.22. The second-order valence-corrected chi connectivity index (χ2v) is 6.61. The van der Waals surface area contributed by atoms with Crippen molar-refractivity contribution in [1.29, 1.82) is 0 Å². The van der Waals surface area contributed by atoms with Gasteiger partial charge >= 0.3 is 5.97 Å². The normalized spacial score (nSPS) is 13.9. The van der Waals surface area contributed by atoms with Gasteiger partial charge < -0.3 is 24.0 Å². The van der Waals surface area contributed by atoms with Crippen molar-refractivity contribution in [3.8, 4) is 5.75 Å². The molecular formula is C17H20Cl2N2O6. The molecule has 0 spiro atoms. The summed E-state index contributed by atoms with van der Waals surface area (Å²) < 4.78 is 15.2. The van der Waals surface area contributed by atoms with E-state index >= 15 is 0 Å². The fraction of sp³-hybridized carbons (Fsp3) is 0.471. The highest BCUT2D eigenvalue weighted by atomic mass is 35.5. The fourth-order valence-corrected chi connectivity index (χ4v) is 3.04. The summed E-state index contributed by atoms with van der Waals surface area (Å²) in [6.45, 7) is 1.34. The number of hydrogen-bond donors (Lipinski definition) is 0. The lowest BCUT2D eigenvalue weighted by molar-refractivity contribution is -0.143. The van der Waals surface area contributed by atoms with Crippen LogP contribution in [-0.4, -0.2) is 81.2 Å². The first-order valence-corrected chi connectivity index (χ1v) is 8.88. The Morgan fingerprint density at radius 1 is 1.19 bits per heavy atom. The van der Waals surface area contributed by atoms with Gasteiger partial charge in [0.1, 0.15) is 0 Å². The van der Waals surface area contributed by atoms with Crippen LogP contribution in [0.15, 0.2) is 12.1 Å². The van der Waals surface area contributed by atoms with Gasteiger partial charge in [-0.1, -0.05) is 23.2 Å². The molecule has 0 saturated carbocycles. The Morgan fingerprint density at radius 2 is 1.78 bits per heavy atom. The Labute approximate surface area is 166 Å². The van der Waals surface area contributed by atoms with E-state index in [0.29, 0.717) is 26.3 Å². The number of ether oxygens (including phenoxy) is 3. The zero-order chi connectivity index (χ0) is 20.0. The van der Waals surface area contributed by atoms with Crippen molar-refractivity contribution in [3.63, 3.8) is 0 Å². The third kappa shape index (κ3) is 5.72. The molecule has 0 radical (unpaired) electrons. The van der Waals surface area contributed by atoms with Crippen molar-refractivity contribution < 1.29 is 28.6 Å². The van der Waals surface area contributed by atoms with Gasteiger partial charge in [0.25, 0.3) is 5.91 Å². The average molecular weight is 419 g/mol. The number of carbonyl (C=O) groups excluding carboxylic acids is 3. The maximum atomic E-state index is 12.1. The molecule has 8 nitrogen and oxygen atoms in total. The van der Waals surface area contributed by atoms with E-state index < -0.39 is 18.5 Å². The largest absolute Gasteiger partial charge is 0.494 e. The molecule has 10 heteroatoms. The summed E-state index contributed by atoms with van der Waals surface area (Å²) >= 11 is 12.0. The van der Waals surface area contributed by atoms with E-state index in [4.69, 9.17) is 37.4 Å². The predicted molar refractivity (Wildman–Crippen MR) is 98.3 cm³/mol. The zero-order valence-electron chi connectivity index (χ0n) is 15.0. The summed E-state index contributed by atoms with van der Waals surface area (Å²) in [6.07, 6.45) is 0. The van der Waals surface area contributed by atoms with E-state index in [1.54, 1.807) is 4.90 Å². The zero-order valence-corrected chi connectivity index (χ0v) is 16.5. The number of hydrogen-bond acceptors (Lipinski definition) is 6. The van der Waals surface area contributed by atoms with E-state index in [2.05, 4.69) is 0 Å². The molecule has 0 bridgehead atoms. The number of morpholine rings is 1. The Morgan fingerprint density at radius 3 is 2.33 bits per heavy atom. The average Bonchev–Trinajstić information content (AvgIpc) is 2.66. The molecule has 0 aliphatic carbocycles. The molecule has 1 saturated heterocycles. The third-order valence-electron chi connectivity index (χ3n) is 3.93. The Hall–Kier alpha value is -2.03. The topological polar surface area (TPSA) is 85.4 Å². The van der Waals surface area contributed by atoms with Gasteiger partial charge in [0, 0.05) is 20.1 Å². The lowest BCUT2D eigenvalue weighted by Gasteiger charge is -2.28. The number of halogens is 2. The molecular weight excluding hydrogens is 399 g/mol. The standard InChI is InChI=1S/C17H20Cl2N2O6/c1-20(9-14(22)21-3-5-26-6-4-21)15(23)10-27-17(24)11-7-12(18)16(25-2)13(19)8-11/h7-8H,3-6,9-10H2,1-2H3. The van der Waals surface area contributed by atoms with Gasteiger partial charge in [0.05, 0.1) is 42.5 Å². The summed E-state index contributed by atoms with van der Waals surface area (Å²) in [7, 11) is 2.87. The van der Waals surface area contributed by atoms with Crippen molar-refractivity contribution in [1.82, 2.24) is 9.80 Å². The summed E-state index contributed by atoms with van der Waals surface area (Å²) in [4.78, 5) is 39.2. The molecule has 0 aromatic heterocycles. The molecule has 0 unspecified atom stereocenters. The quantitative estimate of drug-likeness (QED) is 0.650. The summed E-state index contributed by atoms with van der Waals surface area (Å²) in [6, 6.07) is 2.68. The number of rotatable bonds is 6. The van der Waals surface area contributed by atoms with E-state index in [-0.39, 0.29) is 33.8 Å². The minimum Gasteiger partial charge on any atom is -0.494 e. The molecule has 1 fully saturated rings. The van der Waals surface area contributed by atoms with E-state index in [1.165, 1.54) is 31.2 Å². The molecule has 0 atom stereocenters. The Kier molecular flexibility index (Phi) is 7.70. The molecule has 0 N–H and O–H groups in total. The first-order chi connectivity index (χ1) is 12.8. The highest BCUT2D eigenvalue weighted by molar-refractivity contribution is 6.37. The number of carbonyl (C=O) groups is 3. The minimum atomic E-state index is -0.761. The predicted octanol–water partition coefficient (Wildman–Crippen LogP) is 1.48. The fourth-order valence-electron chi connectivity index (χ4n) is 2.40. The van der Waals surface area contributed by atoms with Crippen LogP contribution in [0.1, 0.15) is 10.4 Å². The van der Waals surface area contributed by atoms with Crippen LogP contribution in [0.5, 0.6) is 5.75 Å². The van der Waals surface area contributed by atoms with E-state index in [9.17, 15) is 14.4 Å². The number of nitrogens with zero attached hydrogens (tertiary/aromatic N) is 2. The molecule has 27 heavy (non-hydrogen) atoms. The third-order valence-corrected chi connectivity index (χ3v) is 4.49. The van der Waals surface area contributed by atoms with Crippen LogP contribution < -0.4 is 4.74 Å². The van der Waals surface area contributed by atoms with Crippen LogP contribution in [0, 0.1) is 0 Å². The van der Waals surface area contributed by atoms with E-state index in [1.807, 2.05) is 0 Å². The lowest BCUT2D eigenvalue weighted by Crippen LogP contribution is -2.46. The van der Waals surface area contributed by atoms with Crippen LogP contribution >= 0.6 is 23.2 Å².